The molecule has 0 bridgehead atoms. The van der Waals surface area contributed by atoms with Crippen molar-refractivity contribution in [1.29, 1.82) is 0 Å². The lowest BCUT2D eigenvalue weighted by Crippen LogP contribution is -2.29. The highest BCUT2D eigenvalue weighted by atomic mass is 19.1. The number of esters is 1. The number of rotatable bonds is 5. The summed E-state index contributed by atoms with van der Waals surface area (Å²) in [4.78, 5) is 11.3. The molecule has 0 amide bonds. The Morgan fingerprint density at radius 1 is 1.40 bits per heavy atom. The normalized spacial score (nSPS) is 13.1. The molecule has 0 aliphatic carbocycles. The van der Waals surface area contributed by atoms with Crippen LogP contribution in [0.3, 0.4) is 0 Å². The number of hydrogen-bond donors (Lipinski definition) is 1. The molecule has 0 saturated heterocycles. The number of hydrogen-bond acceptors (Lipinski definition) is 3. The van der Waals surface area contributed by atoms with Gasteiger partial charge in [0.15, 0.2) is 0 Å². The molecule has 0 aliphatic heterocycles. The van der Waals surface area contributed by atoms with E-state index in [-0.39, 0.29) is 11.0 Å². The third-order valence-electron chi connectivity index (χ3n) is 3.70. The van der Waals surface area contributed by atoms with Crippen molar-refractivity contribution < 1.29 is 13.9 Å². The zero-order valence-corrected chi connectivity index (χ0v) is 12.9. The summed E-state index contributed by atoms with van der Waals surface area (Å²) in [5.41, 5.74) is 1.03. The standard InChI is InChI=1S/C16H24FNO2/c1-11(16(2,3)4)9-18-10-12-6-7-13(14(17)8-12)15(19)20-5/h6-8,11,18H,9-10H2,1-5H3. The van der Waals surface area contributed by atoms with Crippen LogP contribution in [0.4, 0.5) is 4.39 Å². The van der Waals surface area contributed by atoms with Crippen LogP contribution in [0.1, 0.15) is 43.6 Å². The van der Waals surface area contributed by atoms with E-state index in [4.69, 9.17) is 0 Å². The molecule has 0 radical (unpaired) electrons. The number of benzene rings is 1. The number of carbonyl (C=O) groups is 1. The largest absolute Gasteiger partial charge is 0.465 e. The Morgan fingerprint density at radius 2 is 2.05 bits per heavy atom. The minimum absolute atomic E-state index is 0.0284. The van der Waals surface area contributed by atoms with Gasteiger partial charge in [0, 0.05) is 6.54 Å². The summed E-state index contributed by atoms with van der Waals surface area (Å²) < 4.78 is 18.2. The second-order valence-corrected chi connectivity index (χ2v) is 6.20. The van der Waals surface area contributed by atoms with Crippen LogP contribution in [0.15, 0.2) is 18.2 Å². The number of ether oxygens (including phenoxy) is 1. The molecule has 0 aliphatic rings. The Hall–Kier alpha value is -1.42. The quantitative estimate of drug-likeness (QED) is 0.841. The molecule has 0 spiro atoms. The first-order valence-corrected chi connectivity index (χ1v) is 6.83. The maximum atomic E-state index is 13.7. The van der Waals surface area contributed by atoms with Gasteiger partial charge in [0.05, 0.1) is 12.7 Å². The van der Waals surface area contributed by atoms with E-state index in [9.17, 15) is 9.18 Å². The maximum Gasteiger partial charge on any atom is 0.340 e. The molecule has 1 unspecified atom stereocenters. The summed E-state index contributed by atoms with van der Waals surface area (Å²) in [6, 6.07) is 4.58. The summed E-state index contributed by atoms with van der Waals surface area (Å²) >= 11 is 0. The molecule has 1 aromatic rings. The molecule has 0 fully saturated rings. The Bertz CT molecular complexity index is 466. The van der Waals surface area contributed by atoms with Crippen molar-refractivity contribution in [3.05, 3.63) is 35.1 Å². The van der Waals surface area contributed by atoms with E-state index in [1.165, 1.54) is 19.2 Å². The van der Waals surface area contributed by atoms with Crippen molar-refractivity contribution in [2.24, 2.45) is 11.3 Å². The van der Waals surface area contributed by atoms with Gasteiger partial charge in [-0.15, -0.1) is 0 Å². The number of nitrogens with one attached hydrogen (secondary N) is 1. The smallest absolute Gasteiger partial charge is 0.340 e. The molecule has 1 aromatic carbocycles. The van der Waals surface area contributed by atoms with Crippen LogP contribution >= 0.6 is 0 Å². The minimum Gasteiger partial charge on any atom is -0.465 e. The molecule has 4 heteroatoms. The molecule has 3 nitrogen and oxygen atoms in total. The third-order valence-corrected chi connectivity index (χ3v) is 3.70. The molecular formula is C16H24FNO2. The van der Waals surface area contributed by atoms with Crippen LogP contribution < -0.4 is 5.32 Å². The van der Waals surface area contributed by atoms with Gasteiger partial charge in [0.25, 0.3) is 0 Å². The van der Waals surface area contributed by atoms with Gasteiger partial charge in [-0.05, 0) is 35.6 Å². The van der Waals surface area contributed by atoms with Gasteiger partial charge in [0.1, 0.15) is 5.82 Å². The predicted octanol–water partition coefficient (Wildman–Crippen LogP) is 3.38. The average Bonchev–Trinajstić information content (AvgIpc) is 2.36. The van der Waals surface area contributed by atoms with Crippen molar-refractivity contribution in [1.82, 2.24) is 5.32 Å². The first kappa shape index (κ1) is 16.6. The number of carbonyl (C=O) groups excluding carboxylic acids is 1. The predicted molar refractivity (Wildman–Crippen MR) is 78.1 cm³/mol. The third kappa shape index (κ3) is 4.60. The van der Waals surface area contributed by atoms with Crippen LogP contribution in [-0.2, 0) is 11.3 Å². The molecule has 20 heavy (non-hydrogen) atoms. The van der Waals surface area contributed by atoms with E-state index in [1.807, 2.05) is 0 Å². The highest BCUT2D eigenvalue weighted by molar-refractivity contribution is 5.89. The summed E-state index contributed by atoms with van der Waals surface area (Å²) in [6.07, 6.45) is 0. The molecule has 0 heterocycles. The summed E-state index contributed by atoms with van der Waals surface area (Å²) in [7, 11) is 1.24. The topological polar surface area (TPSA) is 38.3 Å². The van der Waals surface area contributed by atoms with Crippen molar-refractivity contribution >= 4 is 5.97 Å². The van der Waals surface area contributed by atoms with Gasteiger partial charge >= 0.3 is 5.97 Å². The van der Waals surface area contributed by atoms with Crippen molar-refractivity contribution in [2.75, 3.05) is 13.7 Å². The fourth-order valence-corrected chi connectivity index (χ4v) is 1.68. The SMILES string of the molecule is COC(=O)c1ccc(CNCC(C)C(C)(C)C)cc1F. The minimum atomic E-state index is -0.650. The average molecular weight is 281 g/mol. The zero-order chi connectivity index (χ0) is 15.3. The van der Waals surface area contributed by atoms with E-state index >= 15 is 0 Å². The Labute approximate surface area is 120 Å². The van der Waals surface area contributed by atoms with Gasteiger partial charge < -0.3 is 10.1 Å². The summed E-state index contributed by atoms with van der Waals surface area (Å²) in [6.45, 7) is 10.2. The summed E-state index contributed by atoms with van der Waals surface area (Å²) in [5, 5.41) is 3.32. The molecule has 0 aromatic heterocycles. The lowest BCUT2D eigenvalue weighted by Gasteiger charge is -2.27. The fourth-order valence-electron chi connectivity index (χ4n) is 1.68. The highest BCUT2D eigenvalue weighted by Crippen LogP contribution is 2.24. The molecule has 0 saturated carbocycles. The molecule has 1 rings (SSSR count). The number of methoxy groups -OCH3 is 1. The maximum absolute atomic E-state index is 13.7. The molecule has 112 valence electrons. The van der Waals surface area contributed by atoms with Gasteiger partial charge in [-0.2, -0.15) is 0 Å². The van der Waals surface area contributed by atoms with Gasteiger partial charge in [-0.3, -0.25) is 0 Å². The Morgan fingerprint density at radius 3 is 2.55 bits per heavy atom. The van der Waals surface area contributed by atoms with Gasteiger partial charge in [-0.1, -0.05) is 33.8 Å². The second kappa shape index (κ2) is 6.84. The van der Waals surface area contributed by atoms with Crippen LogP contribution in [0.2, 0.25) is 0 Å². The first-order valence-electron chi connectivity index (χ1n) is 6.83. The Balaban J connectivity index is 2.58. The van der Waals surface area contributed by atoms with Gasteiger partial charge in [0.2, 0.25) is 0 Å². The molecular weight excluding hydrogens is 257 g/mol. The van der Waals surface area contributed by atoms with Crippen LogP contribution in [-0.4, -0.2) is 19.6 Å². The Kier molecular flexibility index (Phi) is 5.69. The lowest BCUT2D eigenvalue weighted by atomic mass is 9.82. The zero-order valence-electron chi connectivity index (χ0n) is 12.9. The molecule has 1 atom stereocenters. The van der Waals surface area contributed by atoms with Crippen molar-refractivity contribution in [3.8, 4) is 0 Å². The van der Waals surface area contributed by atoms with E-state index < -0.39 is 11.8 Å². The van der Waals surface area contributed by atoms with Crippen molar-refractivity contribution in [3.63, 3.8) is 0 Å². The van der Waals surface area contributed by atoms with E-state index in [0.29, 0.717) is 12.5 Å². The van der Waals surface area contributed by atoms with E-state index in [0.717, 1.165) is 12.1 Å². The van der Waals surface area contributed by atoms with Crippen LogP contribution in [0.25, 0.3) is 0 Å². The van der Waals surface area contributed by atoms with Crippen LogP contribution in [0, 0.1) is 17.2 Å². The highest BCUT2D eigenvalue weighted by Gasteiger charge is 2.19. The molecule has 1 N–H and O–H groups in total. The fraction of sp³-hybridized carbons (Fsp3) is 0.562. The number of halogens is 1. The van der Waals surface area contributed by atoms with Crippen molar-refractivity contribution in [2.45, 2.75) is 34.2 Å². The first-order chi connectivity index (χ1) is 9.25. The summed E-state index contributed by atoms with van der Waals surface area (Å²) in [5.74, 6) is -0.676. The van der Waals surface area contributed by atoms with Crippen LogP contribution in [0.5, 0.6) is 0 Å². The van der Waals surface area contributed by atoms with E-state index in [1.54, 1.807) is 6.07 Å². The van der Waals surface area contributed by atoms with Gasteiger partial charge in [-0.25, -0.2) is 9.18 Å². The lowest BCUT2D eigenvalue weighted by molar-refractivity contribution is 0.0595. The van der Waals surface area contributed by atoms with E-state index in [2.05, 4.69) is 37.7 Å². The monoisotopic (exact) mass is 281 g/mol. The second-order valence-electron chi connectivity index (χ2n) is 6.20.